The highest BCUT2D eigenvalue weighted by molar-refractivity contribution is 5.93. The van der Waals surface area contributed by atoms with Crippen LogP contribution in [-0.2, 0) is 22.6 Å². The molecule has 0 radical (unpaired) electrons. The maximum absolute atomic E-state index is 14.6. The number of fused-ring (bicyclic) bond motifs is 1. The number of likely N-dealkylation sites (tertiary alicyclic amines) is 1. The molecular formula is C17H22FN3O2. The van der Waals surface area contributed by atoms with E-state index in [9.17, 15) is 14.0 Å². The monoisotopic (exact) mass is 319 g/mol. The first-order valence-corrected chi connectivity index (χ1v) is 8.13. The minimum atomic E-state index is -0.307. The van der Waals surface area contributed by atoms with Gasteiger partial charge in [0.25, 0.3) is 0 Å². The number of nitrogens with one attached hydrogen (secondary N) is 2. The molecule has 2 aliphatic rings. The minimum Gasteiger partial charge on any atom is -0.343 e. The average Bonchev–Trinajstić information content (AvgIpc) is 2.57. The van der Waals surface area contributed by atoms with E-state index in [1.165, 1.54) is 6.92 Å². The third-order valence-corrected chi connectivity index (χ3v) is 4.78. The number of piperidine rings is 1. The quantitative estimate of drug-likeness (QED) is 0.872. The van der Waals surface area contributed by atoms with Gasteiger partial charge in [0, 0.05) is 32.5 Å². The van der Waals surface area contributed by atoms with E-state index in [0.717, 1.165) is 12.1 Å². The van der Waals surface area contributed by atoms with E-state index in [0.29, 0.717) is 44.5 Å². The number of nitrogens with zero attached hydrogens (tertiary/aromatic N) is 1. The van der Waals surface area contributed by atoms with Crippen molar-refractivity contribution in [1.82, 2.24) is 10.2 Å². The Kier molecular flexibility index (Phi) is 4.61. The fourth-order valence-corrected chi connectivity index (χ4v) is 3.32. The van der Waals surface area contributed by atoms with Gasteiger partial charge in [0.1, 0.15) is 5.82 Å². The Labute approximate surface area is 135 Å². The normalized spacial score (nSPS) is 18.4. The largest absolute Gasteiger partial charge is 0.343 e. The molecular weight excluding hydrogens is 297 g/mol. The molecule has 5 nitrogen and oxygen atoms in total. The van der Waals surface area contributed by atoms with Crippen molar-refractivity contribution in [3.05, 3.63) is 29.1 Å². The highest BCUT2D eigenvalue weighted by Gasteiger charge is 2.27. The summed E-state index contributed by atoms with van der Waals surface area (Å²) >= 11 is 0. The predicted molar refractivity (Wildman–Crippen MR) is 85.4 cm³/mol. The topological polar surface area (TPSA) is 61.4 Å². The molecule has 1 fully saturated rings. The zero-order valence-electron chi connectivity index (χ0n) is 13.3. The molecule has 1 saturated heterocycles. The van der Waals surface area contributed by atoms with Crippen molar-refractivity contribution in [2.24, 2.45) is 5.92 Å². The van der Waals surface area contributed by atoms with Gasteiger partial charge < -0.3 is 15.5 Å². The van der Waals surface area contributed by atoms with Crippen LogP contribution in [0, 0.1) is 11.7 Å². The fourth-order valence-electron chi connectivity index (χ4n) is 3.32. The van der Waals surface area contributed by atoms with Gasteiger partial charge in [-0.05, 0) is 43.0 Å². The Morgan fingerprint density at radius 3 is 2.74 bits per heavy atom. The molecule has 0 atom stereocenters. The molecule has 0 aromatic heterocycles. The van der Waals surface area contributed by atoms with Gasteiger partial charge >= 0.3 is 0 Å². The second kappa shape index (κ2) is 6.66. The van der Waals surface area contributed by atoms with Gasteiger partial charge in [-0.3, -0.25) is 9.59 Å². The Bertz CT molecular complexity index is 625. The molecule has 0 bridgehead atoms. The average molecular weight is 319 g/mol. The fraction of sp³-hybridized carbons (Fsp3) is 0.529. The SMILES string of the molecule is CC(=O)N1CCC(C(=O)Nc2ccc3c(c2F)CCNC3)CC1. The Hall–Kier alpha value is -1.95. The molecule has 0 aliphatic carbocycles. The van der Waals surface area contributed by atoms with Crippen molar-refractivity contribution < 1.29 is 14.0 Å². The van der Waals surface area contributed by atoms with Crippen LogP contribution in [0.5, 0.6) is 0 Å². The molecule has 0 spiro atoms. The standard InChI is InChI=1S/C17H22FN3O2/c1-11(22)21-8-5-12(6-9-21)17(23)20-15-3-2-13-10-19-7-4-14(13)16(15)18/h2-3,12,19H,4-10H2,1H3,(H,20,23). The first kappa shape index (κ1) is 15.9. The molecule has 1 aromatic rings. The molecule has 6 heteroatoms. The third kappa shape index (κ3) is 3.37. The molecule has 2 heterocycles. The number of hydrogen-bond donors (Lipinski definition) is 2. The van der Waals surface area contributed by atoms with Crippen LogP contribution >= 0.6 is 0 Å². The molecule has 0 saturated carbocycles. The highest BCUT2D eigenvalue weighted by Crippen LogP contribution is 2.26. The van der Waals surface area contributed by atoms with E-state index in [4.69, 9.17) is 0 Å². The lowest BCUT2D eigenvalue weighted by Crippen LogP contribution is -2.40. The van der Waals surface area contributed by atoms with Crippen molar-refractivity contribution in [2.45, 2.75) is 32.7 Å². The lowest BCUT2D eigenvalue weighted by Gasteiger charge is -2.30. The molecule has 1 aromatic carbocycles. The third-order valence-electron chi connectivity index (χ3n) is 4.78. The van der Waals surface area contributed by atoms with E-state index in [1.54, 1.807) is 11.0 Å². The van der Waals surface area contributed by atoms with Crippen LogP contribution in [0.25, 0.3) is 0 Å². The van der Waals surface area contributed by atoms with Crippen molar-refractivity contribution in [2.75, 3.05) is 25.0 Å². The van der Waals surface area contributed by atoms with Crippen LogP contribution in [0.2, 0.25) is 0 Å². The van der Waals surface area contributed by atoms with Crippen LogP contribution in [0.3, 0.4) is 0 Å². The first-order valence-electron chi connectivity index (χ1n) is 8.13. The zero-order chi connectivity index (χ0) is 16.4. The zero-order valence-corrected chi connectivity index (χ0v) is 13.3. The second-order valence-electron chi connectivity index (χ2n) is 6.26. The molecule has 23 heavy (non-hydrogen) atoms. The van der Waals surface area contributed by atoms with Gasteiger partial charge in [0.15, 0.2) is 0 Å². The predicted octanol–water partition coefficient (Wildman–Crippen LogP) is 1.67. The van der Waals surface area contributed by atoms with E-state index < -0.39 is 0 Å². The number of benzene rings is 1. The highest BCUT2D eigenvalue weighted by atomic mass is 19.1. The number of carbonyl (C=O) groups is 2. The second-order valence-corrected chi connectivity index (χ2v) is 6.26. The van der Waals surface area contributed by atoms with Crippen molar-refractivity contribution in [1.29, 1.82) is 0 Å². The van der Waals surface area contributed by atoms with Gasteiger partial charge in [0.2, 0.25) is 11.8 Å². The molecule has 2 amide bonds. The Balaban J connectivity index is 1.66. The number of amides is 2. The summed E-state index contributed by atoms with van der Waals surface area (Å²) in [6.07, 6.45) is 1.89. The molecule has 0 unspecified atom stereocenters. The van der Waals surface area contributed by atoms with Crippen molar-refractivity contribution >= 4 is 17.5 Å². The molecule has 2 N–H and O–H groups in total. The van der Waals surface area contributed by atoms with E-state index >= 15 is 0 Å². The van der Waals surface area contributed by atoms with Gasteiger partial charge in [-0.15, -0.1) is 0 Å². The maximum Gasteiger partial charge on any atom is 0.227 e. The van der Waals surface area contributed by atoms with Crippen molar-refractivity contribution in [3.63, 3.8) is 0 Å². The lowest BCUT2D eigenvalue weighted by atomic mass is 9.95. The summed E-state index contributed by atoms with van der Waals surface area (Å²) in [7, 11) is 0. The summed E-state index contributed by atoms with van der Waals surface area (Å²) in [5.41, 5.74) is 1.93. The summed E-state index contributed by atoms with van der Waals surface area (Å²) in [6, 6.07) is 3.52. The number of rotatable bonds is 2. The lowest BCUT2D eigenvalue weighted by molar-refractivity contribution is -0.132. The van der Waals surface area contributed by atoms with Gasteiger partial charge in [-0.1, -0.05) is 6.07 Å². The number of halogens is 1. The molecule has 2 aliphatic heterocycles. The first-order chi connectivity index (χ1) is 11.1. The molecule has 3 rings (SSSR count). The smallest absolute Gasteiger partial charge is 0.227 e. The van der Waals surface area contributed by atoms with Gasteiger partial charge in [0.05, 0.1) is 5.69 Å². The van der Waals surface area contributed by atoms with Crippen LogP contribution in [-0.4, -0.2) is 36.3 Å². The van der Waals surface area contributed by atoms with Crippen LogP contribution < -0.4 is 10.6 Å². The van der Waals surface area contributed by atoms with Crippen LogP contribution in [0.4, 0.5) is 10.1 Å². The number of carbonyl (C=O) groups excluding carboxylic acids is 2. The minimum absolute atomic E-state index is 0.0400. The van der Waals surface area contributed by atoms with E-state index in [2.05, 4.69) is 10.6 Å². The van der Waals surface area contributed by atoms with E-state index in [-0.39, 0.29) is 29.2 Å². The van der Waals surface area contributed by atoms with Crippen LogP contribution in [0.1, 0.15) is 30.9 Å². The van der Waals surface area contributed by atoms with Crippen molar-refractivity contribution in [3.8, 4) is 0 Å². The van der Waals surface area contributed by atoms with Gasteiger partial charge in [-0.25, -0.2) is 4.39 Å². The Morgan fingerprint density at radius 1 is 1.30 bits per heavy atom. The summed E-state index contributed by atoms with van der Waals surface area (Å²) < 4.78 is 14.6. The summed E-state index contributed by atoms with van der Waals surface area (Å²) in [6.45, 7) is 4.14. The van der Waals surface area contributed by atoms with Crippen LogP contribution in [0.15, 0.2) is 12.1 Å². The maximum atomic E-state index is 14.6. The summed E-state index contributed by atoms with van der Waals surface area (Å²) in [4.78, 5) is 25.4. The summed E-state index contributed by atoms with van der Waals surface area (Å²) in [5.74, 6) is -0.583. The summed E-state index contributed by atoms with van der Waals surface area (Å²) in [5, 5.41) is 5.94. The number of hydrogen-bond acceptors (Lipinski definition) is 3. The number of anilines is 1. The van der Waals surface area contributed by atoms with E-state index in [1.807, 2.05) is 6.07 Å². The Morgan fingerprint density at radius 2 is 2.04 bits per heavy atom. The molecule has 124 valence electrons. The van der Waals surface area contributed by atoms with Gasteiger partial charge in [-0.2, -0.15) is 0 Å².